The maximum atomic E-state index is 12.3. The molecule has 0 fully saturated rings. The van der Waals surface area contributed by atoms with Gasteiger partial charge in [-0.05, 0) is 42.9 Å². The summed E-state index contributed by atoms with van der Waals surface area (Å²) in [6, 6.07) is 4.22. The zero-order valence-corrected chi connectivity index (χ0v) is 13.5. The molecule has 6 heteroatoms. The Hall–Kier alpha value is -1.40. The van der Waals surface area contributed by atoms with Gasteiger partial charge in [0.15, 0.2) is 0 Å². The molecule has 0 unspecified atom stereocenters. The number of carbonyl (C=O) groups is 1. The Morgan fingerprint density at radius 2 is 2.00 bits per heavy atom. The summed E-state index contributed by atoms with van der Waals surface area (Å²) in [5.41, 5.74) is 0.603. The van der Waals surface area contributed by atoms with Crippen molar-refractivity contribution in [1.82, 2.24) is 4.72 Å². The van der Waals surface area contributed by atoms with Gasteiger partial charge in [0.1, 0.15) is 0 Å². The summed E-state index contributed by atoms with van der Waals surface area (Å²) in [4.78, 5) is 11.1. The summed E-state index contributed by atoms with van der Waals surface area (Å²) in [6.07, 6.45) is 2.23. The summed E-state index contributed by atoms with van der Waals surface area (Å²) in [5.74, 6) is -0.607. The second-order valence-electron chi connectivity index (χ2n) is 5.42. The Kier molecular flexibility index (Phi) is 6.36. The van der Waals surface area contributed by atoms with Crippen LogP contribution in [-0.2, 0) is 16.4 Å². The van der Waals surface area contributed by atoms with Crippen molar-refractivity contribution in [3.05, 3.63) is 29.3 Å². The second kappa shape index (κ2) is 7.56. The SMILES string of the molecule is CCc1ccc(C(=O)O)cc1S(=O)(=O)NCCCC(C)C. The Bertz CT molecular complexity index is 594. The predicted octanol–water partition coefficient (Wildman–Crippen LogP) is 2.66. The van der Waals surface area contributed by atoms with Crippen LogP contribution in [0.1, 0.15) is 49.5 Å². The van der Waals surface area contributed by atoms with Crippen molar-refractivity contribution in [2.75, 3.05) is 6.54 Å². The van der Waals surface area contributed by atoms with Crippen molar-refractivity contribution in [1.29, 1.82) is 0 Å². The number of carboxylic acid groups (broad SMARTS) is 1. The van der Waals surface area contributed by atoms with Crippen molar-refractivity contribution in [3.8, 4) is 0 Å². The van der Waals surface area contributed by atoms with Gasteiger partial charge in [0, 0.05) is 6.54 Å². The molecule has 2 N–H and O–H groups in total. The van der Waals surface area contributed by atoms with Crippen LogP contribution in [0.15, 0.2) is 23.1 Å². The quantitative estimate of drug-likeness (QED) is 0.723. The first-order valence-electron chi connectivity index (χ1n) is 7.13. The summed E-state index contributed by atoms with van der Waals surface area (Å²) in [5, 5.41) is 9.00. The van der Waals surface area contributed by atoms with Crippen LogP contribution in [0.3, 0.4) is 0 Å². The molecule has 0 aliphatic rings. The molecule has 1 aromatic rings. The summed E-state index contributed by atoms with van der Waals surface area (Å²) < 4.78 is 27.2. The highest BCUT2D eigenvalue weighted by Gasteiger charge is 2.19. The van der Waals surface area contributed by atoms with Crippen LogP contribution in [0.5, 0.6) is 0 Å². The maximum absolute atomic E-state index is 12.3. The van der Waals surface area contributed by atoms with Gasteiger partial charge in [-0.25, -0.2) is 17.9 Å². The maximum Gasteiger partial charge on any atom is 0.335 e. The molecule has 0 heterocycles. The molecule has 0 atom stereocenters. The summed E-state index contributed by atoms with van der Waals surface area (Å²) in [6.45, 7) is 6.37. The molecule has 0 spiro atoms. The van der Waals surface area contributed by atoms with Crippen LogP contribution in [0.25, 0.3) is 0 Å². The molecule has 0 saturated carbocycles. The minimum atomic E-state index is -3.67. The van der Waals surface area contributed by atoms with E-state index < -0.39 is 16.0 Å². The first-order valence-corrected chi connectivity index (χ1v) is 8.62. The van der Waals surface area contributed by atoms with E-state index in [1.165, 1.54) is 12.1 Å². The zero-order valence-electron chi connectivity index (χ0n) is 12.7. The topological polar surface area (TPSA) is 83.5 Å². The number of nitrogens with one attached hydrogen (secondary N) is 1. The Labute approximate surface area is 126 Å². The van der Waals surface area contributed by atoms with Gasteiger partial charge >= 0.3 is 5.97 Å². The smallest absolute Gasteiger partial charge is 0.335 e. The predicted molar refractivity (Wildman–Crippen MR) is 82.0 cm³/mol. The van der Waals surface area contributed by atoms with E-state index >= 15 is 0 Å². The highest BCUT2D eigenvalue weighted by Crippen LogP contribution is 2.19. The molecule has 0 aliphatic heterocycles. The highest BCUT2D eigenvalue weighted by atomic mass is 32.2. The molecule has 118 valence electrons. The lowest BCUT2D eigenvalue weighted by atomic mass is 10.1. The Balaban J connectivity index is 2.95. The molecule has 0 aliphatic carbocycles. The van der Waals surface area contributed by atoms with Gasteiger partial charge in [-0.1, -0.05) is 26.8 Å². The normalized spacial score (nSPS) is 11.8. The van der Waals surface area contributed by atoms with Crippen LogP contribution in [-0.4, -0.2) is 26.0 Å². The number of carboxylic acids is 1. The fraction of sp³-hybridized carbons (Fsp3) is 0.533. The number of hydrogen-bond acceptors (Lipinski definition) is 3. The monoisotopic (exact) mass is 313 g/mol. The number of rotatable bonds is 8. The van der Waals surface area contributed by atoms with Crippen molar-refractivity contribution in [2.45, 2.75) is 44.9 Å². The van der Waals surface area contributed by atoms with E-state index in [0.717, 1.165) is 12.8 Å². The number of aryl methyl sites for hydroxylation is 1. The third-order valence-corrected chi connectivity index (χ3v) is 4.78. The van der Waals surface area contributed by atoms with Crippen LogP contribution in [0.2, 0.25) is 0 Å². The van der Waals surface area contributed by atoms with E-state index in [2.05, 4.69) is 18.6 Å². The van der Waals surface area contributed by atoms with Crippen LogP contribution in [0.4, 0.5) is 0 Å². The first-order chi connectivity index (χ1) is 9.77. The van der Waals surface area contributed by atoms with Crippen molar-refractivity contribution in [2.24, 2.45) is 5.92 Å². The van der Waals surface area contributed by atoms with Crippen LogP contribution in [0, 0.1) is 5.92 Å². The van der Waals surface area contributed by atoms with E-state index in [0.29, 0.717) is 24.4 Å². The standard InChI is InChI=1S/C15H23NO4S/c1-4-12-7-8-13(15(17)18)10-14(12)21(19,20)16-9-5-6-11(2)3/h7-8,10-11,16H,4-6,9H2,1-3H3,(H,17,18). The van der Waals surface area contributed by atoms with E-state index in [1.54, 1.807) is 6.07 Å². The average Bonchev–Trinajstić information content (AvgIpc) is 2.42. The van der Waals surface area contributed by atoms with Crippen molar-refractivity contribution < 1.29 is 18.3 Å². The van der Waals surface area contributed by atoms with Crippen molar-refractivity contribution >= 4 is 16.0 Å². The first kappa shape index (κ1) is 17.7. The van der Waals surface area contributed by atoms with Crippen LogP contribution >= 0.6 is 0 Å². The molecule has 1 aromatic carbocycles. The molecule has 0 bridgehead atoms. The lowest BCUT2D eigenvalue weighted by Gasteiger charge is -2.12. The molecular formula is C15H23NO4S. The van der Waals surface area contributed by atoms with E-state index in [1.807, 2.05) is 6.92 Å². The average molecular weight is 313 g/mol. The minimum Gasteiger partial charge on any atom is -0.478 e. The number of sulfonamides is 1. The third-order valence-electron chi connectivity index (χ3n) is 3.23. The van der Waals surface area contributed by atoms with Gasteiger partial charge in [-0.15, -0.1) is 0 Å². The fourth-order valence-corrected chi connectivity index (χ4v) is 3.43. The fourth-order valence-electron chi connectivity index (χ4n) is 2.02. The third kappa shape index (κ3) is 5.13. The van der Waals surface area contributed by atoms with Gasteiger partial charge in [0.25, 0.3) is 0 Å². The molecule has 0 radical (unpaired) electrons. The van der Waals surface area contributed by atoms with Gasteiger partial charge in [-0.3, -0.25) is 0 Å². The van der Waals surface area contributed by atoms with Gasteiger partial charge in [0.2, 0.25) is 10.0 Å². The van der Waals surface area contributed by atoms with Gasteiger partial charge in [-0.2, -0.15) is 0 Å². The molecule has 0 saturated heterocycles. The van der Waals surface area contributed by atoms with Crippen LogP contribution < -0.4 is 4.72 Å². The number of hydrogen-bond donors (Lipinski definition) is 2. The molecule has 21 heavy (non-hydrogen) atoms. The lowest BCUT2D eigenvalue weighted by Crippen LogP contribution is -2.26. The molecule has 1 rings (SSSR count). The minimum absolute atomic E-state index is 0.0187. The summed E-state index contributed by atoms with van der Waals surface area (Å²) in [7, 11) is -3.67. The largest absolute Gasteiger partial charge is 0.478 e. The highest BCUT2D eigenvalue weighted by molar-refractivity contribution is 7.89. The molecule has 0 aromatic heterocycles. The van der Waals surface area contributed by atoms with Gasteiger partial charge in [0.05, 0.1) is 10.5 Å². The molecule has 0 amide bonds. The Morgan fingerprint density at radius 1 is 1.33 bits per heavy atom. The number of aromatic carboxylic acids is 1. The van der Waals surface area contributed by atoms with E-state index in [-0.39, 0.29) is 10.5 Å². The summed E-state index contributed by atoms with van der Waals surface area (Å²) >= 11 is 0. The lowest BCUT2D eigenvalue weighted by molar-refractivity contribution is 0.0696. The Morgan fingerprint density at radius 3 is 2.52 bits per heavy atom. The number of benzene rings is 1. The van der Waals surface area contributed by atoms with Gasteiger partial charge < -0.3 is 5.11 Å². The zero-order chi connectivity index (χ0) is 16.0. The molecular weight excluding hydrogens is 290 g/mol. The van der Waals surface area contributed by atoms with E-state index in [9.17, 15) is 13.2 Å². The second-order valence-corrected chi connectivity index (χ2v) is 7.15. The molecule has 5 nitrogen and oxygen atoms in total. The van der Waals surface area contributed by atoms with Crippen molar-refractivity contribution in [3.63, 3.8) is 0 Å². The van der Waals surface area contributed by atoms with E-state index in [4.69, 9.17) is 5.11 Å².